The van der Waals surface area contributed by atoms with Crippen LogP contribution in [0.1, 0.15) is 30.2 Å². The van der Waals surface area contributed by atoms with Crippen molar-refractivity contribution in [3.8, 4) is 0 Å². The van der Waals surface area contributed by atoms with Gasteiger partial charge in [-0.15, -0.1) is 11.8 Å². The van der Waals surface area contributed by atoms with Crippen molar-refractivity contribution in [1.29, 1.82) is 0 Å². The Morgan fingerprint density at radius 3 is 2.60 bits per heavy atom. The Balaban J connectivity index is 1.72. The molecule has 1 aromatic carbocycles. The van der Waals surface area contributed by atoms with Crippen LogP contribution in [0.15, 0.2) is 24.3 Å². The summed E-state index contributed by atoms with van der Waals surface area (Å²) in [5, 5.41) is 0.239. The van der Waals surface area contributed by atoms with E-state index in [1.807, 2.05) is 6.07 Å². The van der Waals surface area contributed by atoms with Gasteiger partial charge in [-0.05, 0) is 24.1 Å². The minimum absolute atomic E-state index is 0.0799. The first-order valence-electron chi connectivity index (χ1n) is 8.08. The Hall–Kier alpha value is -1.09. The molecule has 0 bridgehead atoms. The number of carbonyl (C=O) groups excluding carboxylic acids is 2. The van der Waals surface area contributed by atoms with Crippen molar-refractivity contribution in [2.24, 2.45) is 0 Å². The molecule has 2 amide bonds. The normalized spacial score (nSPS) is 22.6. The minimum Gasteiger partial charge on any atom is -0.282 e. The molecule has 1 aromatic rings. The van der Waals surface area contributed by atoms with Gasteiger partial charge in [0.05, 0.1) is 11.1 Å². The second kappa shape index (κ2) is 7.65. The molecule has 0 aromatic heterocycles. The van der Waals surface area contributed by atoms with Gasteiger partial charge in [-0.25, -0.2) is 8.42 Å². The van der Waals surface area contributed by atoms with E-state index in [0.29, 0.717) is 36.6 Å². The maximum absolute atomic E-state index is 12.8. The highest BCUT2D eigenvalue weighted by Crippen LogP contribution is 2.40. The highest BCUT2D eigenvalue weighted by molar-refractivity contribution is 8.00. The zero-order valence-electron chi connectivity index (χ0n) is 13.6. The smallest absolute Gasteiger partial charge is 0.229 e. The Morgan fingerprint density at radius 2 is 1.92 bits per heavy atom. The summed E-state index contributed by atoms with van der Waals surface area (Å²) in [4.78, 5) is 24.8. The largest absolute Gasteiger partial charge is 0.282 e. The average molecular weight is 403 g/mol. The molecule has 2 aliphatic heterocycles. The van der Waals surface area contributed by atoms with Gasteiger partial charge in [-0.3, -0.25) is 14.5 Å². The number of benzene rings is 1. The number of piperidine rings is 1. The van der Waals surface area contributed by atoms with Crippen molar-refractivity contribution in [2.45, 2.75) is 24.6 Å². The van der Waals surface area contributed by atoms with E-state index in [0.717, 1.165) is 10.5 Å². The predicted molar refractivity (Wildman–Crippen MR) is 97.7 cm³/mol. The van der Waals surface area contributed by atoms with E-state index < -0.39 is 10.0 Å². The van der Waals surface area contributed by atoms with Gasteiger partial charge in [0.25, 0.3) is 0 Å². The summed E-state index contributed by atoms with van der Waals surface area (Å²) in [6.07, 6.45) is 1.15. The molecule has 25 heavy (non-hydrogen) atoms. The Kier molecular flexibility index (Phi) is 5.72. The molecule has 2 heterocycles. The summed E-state index contributed by atoms with van der Waals surface area (Å²) in [5.74, 6) is -0.123. The van der Waals surface area contributed by atoms with Gasteiger partial charge in [-0.2, -0.15) is 4.31 Å². The van der Waals surface area contributed by atoms with Crippen LogP contribution in [0, 0.1) is 0 Å². The molecule has 136 valence electrons. The fourth-order valence-corrected chi connectivity index (χ4v) is 6.49. The molecular weight excluding hydrogens is 384 g/mol. The highest BCUT2D eigenvalue weighted by Gasteiger charge is 2.37. The monoisotopic (exact) mass is 402 g/mol. The van der Waals surface area contributed by atoms with E-state index in [2.05, 4.69) is 0 Å². The van der Waals surface area contributed by atoms with E-state index in [1.165, 1.54) is 4.31 Å². The number of imide groups is 1. The van der Waals surface area contributed by atoms with Gasteiger partial charge in [0.15, 0.2) is 0 Å². The number of hydrogen-bond acceptors (Lipinski definition) is 5. The van der Waals surface area contributed by atoms with Crippen molar-refractivity contribution in [3.05, 3.63) is 34.9 Å². The standard InChI is InChI=1S/C16H19ClN2O4S2/c17-13-4-1-3-12(11-13)16-19(7-9-24-16)25(22,23)10-8-18-14(20)5-2-6-15(18)21/h1,3-4,11,16H,2,5-10H2. The van der Waals surface area contributed by atoms with Crippen LogP contribution in [0.3, 0.4) is 0 Å². The number of nitrogens with zero attached hydrogens (tertiary/aromatic N) is 2. The molecule has 9 heteroatoms. The summed E-state index contributed by atoms with van der Waals surface area (Å²) in [5.41, 5.74) is 0.837. The summed E-state index contributed by atoms with van der Waals surface area (Å²) >= 11 is 7.56. The van der Waals surface area contributed by atoms with Crippen LogP contribution in [0.25, 0.3) is 0 Å². The Labute approximate surface area is 156 Å². The lowest BCUT2D eigenvalue weighted by atomic mass is 10.1. The van der Waals surface area contributed by atoms with Gasteiger partial charge in [0.1, 0.15) is 0 Å². The molecular formula is C16H19ClN2O4S2. The fourth-order valence-electron chi connectivity index (χ4n) is 3.04. The predicted octanol–water partition coefficient (Wildman–Crippen LogP) is 2.26. The molecule has 1 unspecified atom stereocenters. The van der Waals surface area contributed by atoms with Gasteiger partial charge < -0.3 is 0 Å². The van der Waals surface area contributed by atoms with E-state index in [9.17, 15) is 18.0 Å². The van der Waals surface area contributed by atoms with Crippen molar-refractivity contribution in [1.82, 2.24) is 9.21 Å². The first-order valence-corrected chi connectivity index (χ1v) is 11.1. The Bertz CT molecular complexity index is 768. The number of sulfonamides is 1. The van der Waals surface area contributed by atoms with Crippen LogP contribution in [-0.4, -0.2) is 54.0 Å². The van der Waals surface area contributed by atoms with Crippen LogP contribution in [0.4, 0.5) is 0 Å². The highest BCUT2D eigenvalue weighted by atomic mass is 35.5. The number of rotatable bonds is 5. The summed E-state index contributed by atoms with van der Waals surface area (Å²) in [6, 6.07) is 7.17. The first-order chi connectivity index (χ1) is 11.9. The van der Waals surface area contributed by atoms with Gasteiger partial charge in [0, 0.05) is 36.7 Å². The number of hydrogen-bond donors (Lipinski definition) is 0. The second-order valence-corrected chi connectivity index (χ2v) is 9.66. The topological polar surface area (TPSA) is 74.8 Å². The number of carbonyl (C=O) groups is 2. The van der Waals surface area contributed by atoms with Crippen LogP contribution >= 0.6 is 23.4 Å². The fraction of sp³-hybridized carbons (Fsp3) is 0.500. The van der Waals surface area contributed by atoms with Crippen LogP contribution in [0.5, 0.6) is 0 Å². The molecule has 2 aliphatic rings. The van der Waals surface area contributed by atoms with Gasteiger partial charge in [0.2, 0.25) is 21.8 Å². The minimum atomic E-state index is -3.59. The third kappa shape index (κ3) is 4.19. The molecule has 0 N–H and O–H groups in total. The summed E-state index contributed by atoms with van der Waals surface area (Å²) in [6.45, 7) is 0.329. The first kappa shape index (κ1) is 18.7. The third-order valence-electron chi connectivity index (χ3n) is 4.30. The average Bonchev–Trinajstić information content (AvgIpc) is 3.05. The molecule has 0 radical (unpaired) electrons. The van der Waals surface area contributed by atoms with Crippen LogP contribution < -0.4 is 0 Å². The quantitative estimate of drug-likeness (QED) is 0.706. The zero-order chi connectivity index (χ0) is 18.0. The number of likely N-dealkylation sites (tertiary alicyclic amines) is 1. The van der Waals surface area contributed by atoms with Crippen molar-refractivity contribution < 1.29 is 18.0 Å². The van der Waals surface area contributed by atoms with Gasteiger partial charge in [-0.1, -0.05) is 23.7 Å². The maximum atomic E-state index is 12.8. The van der Waals surface area contributed by atoms with Crippen molar-refractivity contribution in [3.63, 3.8) is 0 Å². The SMILES string of the molecule is O=C1CCCC(=O)N1CCS(=O)(=O)N1CCSC1c1cccc(Cl)c1. The molecule has 0 aliphatic carbocycles. The number of halogens is 1. The lowest BCUT2D eigenvalue weighted by Gasteiger charge is -2.27. The van der Waals surface area contributed by atoms with E-state index in [4.69, 9.17) is 11.6 Å². The third-order valence-corrected chi connectivity index (χ3v) is 7.73. The molecule has 3 rings (SSSR count). The summed E-state index contributed by atoms with van der Waals surface area (Å²) < 4.78 is 27.0. The van der Waals surface area contributed by atoms with E-state index in [1.54, 1.807) is 30.0 Å². The molecule has 0 saturated carbocycles. The second-order valence-electron chi connectivity index (χ2n) is 6.00. The van der Waals surface area contributed by atoms with Crippen LogP contribution in [-0.2, 0) is 19.6 Å². The Morgan fingerprint density at radius 1 is 1.20 bits per heavy atom. The molecule has 0 spiro atoms. The van der Waals surface area contributed by atoms with E-state index in [-0.39, 0.29) is 29.5 Å². The van der Waals surface area contributed by atoms with Gasteiger partial charge >= 0.3 is 0 Å². The van der Waals surface area contributed by atoms with Crippen molar-refractivity contribution in [2.75, 3.05) is 24.6 Å². The maximum Gasteiger partial charge on any atom is 0.229 e. The lowest BCUT2D eigenvalue weighted by Crippen LogP contribution is -2.44. The zero-order valence-corrected chi connectivity index (χ0v) is 15.9. The molecule has 1 atom stereocenters. The molecule has 2 fully saturated rings. The number of thioether (sulfide) groups is 1. The molecule has 2 saturated heterocycles. The van der Waals surface area contributed by atoms with Crippen LogP contribution in [0.2, 0.25) is 5.02 Å². The van der Waals surface area contributed by atoms with E-state index >= 15 is 0 Å². The number of amides is 2. The lowest BCUT2D eigenvalue weighted by molar-refractivity contribution is -0.147. The summed E-state index contributed by atoms with van der Waals surface area (Å²) in [7, 11) is -3.59. The van der Waals surface area contributed by atoms with Crippen molar-refractivity contribution >= 4 is 45.2 Å². The molecule has 6 nitrogen and oxygen atoms in total.